The minimum atomic E-state index is -0.988. The van der Waals surface area contributed by atoms with Gasteiger partial charge in [-0.2, -0.15) is 0 Å². The van der Waals surface area contributed by atoms with Crippen LogP contribution in [0.2, 0.25) is 0 Å². The van der Waals surface area contributed by atoms with Gasteiger partial charge in [-0.1, -0.05) is 19.4 Å². The van der Waals surface area contributed by atoms with E-state index < -0.39 is 22.8 Å². The molecule has 1 aromatic rings. The van der Waals surface area contributed by atoms with E-state index in [0.717, 1.165) is 19.3 Å². The van der Waals surface area contributed by atoms with Gasteiger partial charge in [-0.3, -0.25) is 14.9 Å². The Morgan fingerprint density at radius 1 is 1.38 bits per heavy atom. The van der Waals surface area contributed by atoms with Gasteiger partial charge in [0.15, 0.2) is 0 Å². The zero-order valence-electron chi connectivity index (χ0n) is 13.5. The van der Waals surface area contributed by atoms with E-state index in [-0.39, 0.29) is 23.1 Å². The molecular weight excluding hydrogens is 312 g/mol. The van der Waals surface area contributed by atoms with Crippen LogP contribution in [-0.2, 0) is 11.2 Å². The molecule has 2 aliphatic rings. The van der Waals surface area contributed by atoms with Crippen LogP contribution in [0.5, 0.6) is 0 Å². The first-order valence-electron chi connectivity index (χ1n) is 8.25. The van der Waals surface area contributed by atoms with E-state index in [0.29, 0.717) is 18.5 Å². The average molecular weight is 332 g/mol. The van der Waals surface area contributed by atoms with Crippen molar-refractivity contribution in [1.29, 1.82) is 0 Å². The Kier molecular flexibility index (Phi) is 4.26. The Hall–Kier alpha value is -2.44. The standard InChI is InChI=1S/C17H20N2O5/c1-2-10-6-7-11(8-14(10)19(23)24)16(20)18-9-12-4-3-5-13(12)15(18)17(21)22/h6-8,12-13,15H,2-5,9H2,1H3,(H,21,22). The van der Waals surface area contributed by atoms with Crippen molar-refractivity contribution in [2.24, 2.45) is 11.8 Å². The number of carboxylic acid groups (broad SMARTS) is 1. The second-order valence-electron chi connectivity index (χ2n) is 6.55. The molecule has 128 valence electrons. The van der Waals surface area contributed by atoms with Gasteiger partial charge >= 0.3 is 5.97 Å². The van der Waals surface area contributed by atoms with E-state index in [9.17, 15) is 24.8 Å². The smallest absolute Gasteiger partial charge is 0.326 e. The number of carbonyl (C=O) groups excluding carboxylic acids is 1. The van der Waals surface area contributed by atoms with Crippen molar-refractivity contribution < 1.29 is 19.6 Å². The normalized spacial score (nSPS) is 25.5. The Morgan fingerprint density at radius 2 is 2.12 bits per heavy atom. The largest absolute Gasteiger partial charge is 0.480 e. The van der Waals surface area contributed by atoms with Gasteiger partial charge in [-0.25, -0.2) is 4.79 Å². The van der Waals surface area contributed by atoms with Gasteiger partial charge in [-0.15, -0.1) is 0 Å². The molecule has 1 amide bonds. The quantitative estimate of drug-likeness (QED) is 0.674. The number of aryl methyl sites for hydroxylation is 1. The number of hydrogen-bond donors (Lipinski definition) is 1. The van der Waals surface area contributed by atoms with E-state index in [1.807, 2.05) is 6.92 Å². The van der Waals surface area contributed by atoms with Gasteiger partial charge in [0.2, 0.25) is 0 Å². The Labute approximate surface area is 139 Å². The predicted octanol–water partition coefficient (Wildman–Crippen LogP) is 2.48. The van der Waals surface area contributed by atoms with Crippen LogP contribution >= 0.6 is 0 Å². The molecule has 0 radical (unpaired) electrons. The molecular formula is C17H20N2O5. The summed E-state index contributed by atoms with van der Waals surface area (Å²) >= 11 is 0. The third-order valence-electron chi connectivity index (χ3n) is 5.31. The van der Waals surface area contributed by atoms with Crippen LogP contribution in [0.15, 0.2) is 18.2 Å². The van der Waals surface area contributed by atoms with Crippen LogP contribution in [0.4, 0.5) is 5.69 Å². The first-order chi connectivity index (χ1) is 11.4. The SMILES string of the molecule is CCc1ccc(C(=O)N2CC3CCCC3C2C(=O)O)cc1[N+](=O)[O-]. The summed E-state index contributed by atoms with van der Waals surface area (Å²) in [6, 6.07) is 3.59. The summed E-state index contributed by atoms with van der Waals surface area (Å²) in [7, 11) is 0. The fraction of sp³-hybridized carbons (Fsp3) is 0.529. The topological polar surface area (TPSA) is 101 Å². The zero-order valence-corrected chi connectivity index (χ0v) is 13.5. The summed E-state index contributed by atoms with van der Waals surface area (Å²) < 4.78 is 0. The molecule has 1 heterocycles. The third kappa shape index (κ3) is 2.64. The number of nitrogens with zero attached hydrogens (tertiary/aromatic N) is 2. The highest BCUT2D eigenvalue weighted by molar-refractivity contribution is 5.97. The highest BCUT2D eigenvalue weighted by Gasteiger charge is 2.49. The van der Waals surface area contributed by atoms with Gasteiger partial charge in [0.25, 0.3) is 11.6 Å². The molecule has 1 N–H and O–H groups in total. The lowest BCUT2D eigenvalue weighted by Gasteiger charge is -2.24. The molecule has 1 saturated heterocycles. The summed E-state index contributed by atoms with van der Waals surface area (Å²) in [6.07, 6.45) is 3.25. The minimum Gasteiger partial charge on any atom is -0.480 e. The lowest BCUT2D eigenvalue weighted by Crippen LogP contribution is -2.43. The maximum absolute atomic E-state index is 12.8. The van der Waals surface area contributed by atoms with Gasteiger partial charge < -0.3 is 10.0 Å². The second-order valence-corrected chi connectivity index (χ2v) is 6.55. The van der Waals surface area contributed by atoms with Crippen molar-refractivity contribution in [3.8, 4) is 0 Å². The van der Waals surface area contributed by atoms with Gasteiger partial charge in [0, 0.05) is 23.7 Å². The zero-order chi connectivity index (χ0) is 17.4. The second kappa shape index (κ2) is 6.22. The number of nitro benzene ring substituents is 1. The van der Waals surface area contributed by atoms with Crippen molar-refractivity contribution in [2.45, 2.75) is 38.6 Å². The van der Waals surface area contributed by atoms with Crippen molar-refractivity contribution in [3.63, 3.8) is 0 Å². The van der Waals surface area contributed by atoms with Crippen LogP contribution in [0.1, 0.15) is 42.1 Å². The molecule has 1 saturated carbocycles. The summed E-state index contributed by atoms with van der Waals surface area (Å²) in [6.45, 7) is 2.23. The van der Waals surface area contributed by atoms with Crippen LogP contribution < -0.4 is 0 Å². The monoisotopic (exact) mass is 332 g/mol. The summed E-state index contributed by atoms with van der Waals surface area (Å²) in [4.78, 5) is 36.6. The van der Waals surface area contributed by atoms with E-state index in [1.54, 1.807) is 12.1 Å². The van der Waals surface area contributed by atoms with Crippen molar-refractivity contribution in [2.75, 3.05) is 6.54 Å². The number of carboxylic acids is 1. The summed E-state index contributed by atoms with van der Waals surface area (Å²) in [5, 5.41) is 20.7. The molecule has 0 aromatic heterocycles. The van der Waals surface area contributed by atoms with Crippen LogP contribution in [0.3, 0.4) is 0 Å². The summed E-state index contributed by atoms with van der Waals surface area (Å²) in [5.74, 6) is -1.20. The van der Waals surface area contributed by atoms with Crippen molar-refractivity contribution in [3.05, 3.63) is 39.4 Å². The maximum Gasteiger partial charge on any atom is 0.326 e. The number of benzene rings is 1. The maximum atomic E-state index is 12.8. The average Bonchev–Trinajstić information content (AvgIpc) is 3.13. The lowest BCUT2D eigenvalue weighted by atomic mass is 9.94. The number of aliphatic carboxylic acids is 1. The summed E-state index contributed by atoms with van der Waals surface area (Å²) in [5.41, 5.74) is 0.657. The lowest BCUT2D eigenvalue weighted by molar-refractivity contribution is -0.385. The van der Waals surface area contributed by atoms with Gasteiger partial charge in [0.05, 0.1) is 4.92 Å². The molecule has 2 fully saturated rings. The Bertz CT molecular complexity index is 702. The highest BCUT2D eigenvalue weighted by Crippen LogP contribution is 2.42. The molecule has 7 nitrogen and oxygen atoms in total. The third-order valence-corrected chi connectivity index (χ3v) is 5.31. The molecule has 7 heteroatoms. The van der Waals surface area contributed by atoms with Crippen LogP contribution in [-0.4, -0.2) is 39.4 Å². The van der Waals surface area contributed by atoms with Crippen LogP contribution in [0.25, 0.3) is 0 Å². The number of hydrogen-bond acceptors (Lipinski definition) is 4. The Morgan fingerprint density at radius 3 is 2.75 bits per heavy atom. The van der Waals surface area contributed by atoms with E-state index in [1.165, 1.54) is 11.0 Å². The number of carbonyl (C=O) groups is 2. The predicted molar refractivity (Wildman–Crippen MR) is 85.8 cm³/mol. The first-order valence-corrected chi connectivity index (χ1v) is 8.25. The molecule has 1 aliphatic carbocycles. The molecule has 1 aromatic carbocycles. The highest BCUT2D eigenvalue weighted by atomic mass is 16.6. The number of fused-ring (bicyclic) bond motifs is 1. The molecule has 3 rings (SSSR count). The number of rotatable bonds is 4. The van der Waals surface area contributed by atoms with E-state index in [4.69, 9.17) is 0 Å². The molecule has 1 aliphatic heterocycles. The van der Waals surface area contributed by atoms with Crippen LogP contribution in [0, 0.1) is 22.0 Å². The number of likely N-dealkylation sites (tertiary alicyclic amines) is 1. The number of amides is 1. The van der Waals surface area contributed by atoms with Gasteiger partial charge in [-0.05, 0) is 37.2 Å². The fourth-order valence-electron chi connectivity index (χ4n) is 4.16. The molecule has 0 spiro atoms. The molecule has 24 heavy (non-hydrogen) atoms. The van der Waals surface area contributed by atoms with Gasteiger partial charge in [0.1, 0.15) is 6.04 Å². The Balaban J connectivity index is 1.92. The van der Waals surface area contributed by atoms with E-state index >= 15 is 0 Å². The van der Waals surface area contributed by atoms with Crippen molar-refractivity contribution in [1.82, 2.24) is 4.90 Å². The molecule has 3 atom stereocenters. The number of nitro groups is 1. The minimum absolute atomic E-state index is 0.00338. The van der Waals surface area contributed by atoms with Crippen molar-refractivity contribution >= 4 is 17.6 Å². The first kappa shape index (κ1) is 16.4. The molecule has 0 bridgehead atoms. The van der Waals surface area contributed by atoms with E-state index in [2.05, 4.69) is 0 Å². The molecule has 3 unspecified atom stereocenters. The fourth-order valence-corrected chi connectivity index (χ4v) is 4.16.